The summed E-state index contributed by atoms with van der Waals surface area (Å²) in [5, 5.41) is 16.1. The molecule has 2 aromatic carbocycles. The number of aromatic nitrogens is 4. The third kappa shape index (κ3) is 3.67. The molecule has 6 nitrogen and oxygen atoms in total. The van der Waals surface area contributed by atoms with Gasteiger partial charge in [0.1, 0.15) is 5.54 Å². The van der Waals surface area contributed by atoms with Crippen molar-refractivity contribution in [3.05, 3.63) is 71.0 Å². The van der Waals surface area contributed by atoms with Gasteiger partial charge in [-0.25, -0.2) is 0 Å². The molecule has 1 fully saturated rings. The van der Waals surface area contributed by atoms with Crippen LogP contribution in [0.1, 0.15) is 59.9 Å². The fourth-order valence-electron chi connectivity index (χ4n) is 4.31. The Morgan fingerprint density at radius 3 is 2.34 bits per heavy atom. The third-order valence-corrected chi connectivity index (χ3v) is 6.07. The van der Waals surface area contributed by atoms with Crippen molar-refractivity contribution in [2.24, 2.45) is 5.92 Å². The van der Waals surface area contributed by atoms with Crippen LogP contribution >= 0.6 is 0 Å². The number of rotatable bonds is 4. The molecule has 6 heteroatoms. The second-order valence-corrected chi connectivity index (χ2v) is 8.24. The van der Waals surface area contributed by atoms with Crippen molar-refractivity contribution >= 4 is 5.91 Å². The number of hydrogen-bond acceptors (Lipinski definition) is 4. The Morgan fingerprint density at radius 1 is 1.03 bits per heavy atom. The number of amides is 1. The second-order valence-electron chi connectivity index (χ2n) is 8.24. The van der Waals surface area contributed by atoms with Gasteiger partial charge in [-0.15, -0.1) is 5.10 Å². The van der Waals surface area contributed by atoms with E-state index in [0.717, 1.165) is 42.5 Å². The summed E-state index contributed by atoms with van der Waals surface area (Å²) in [5.41, 5.74) is 3.26. The smallest absolute Gasteiger partial charge is 0.252 e. The number of hydrogen-bond donors (Lipinski definition) is 1. The van der Waals surface area contributed by atoms with Gasteiger partial charge in [-0.3, -0.25) is 4.79 Å². The van der Waals surface area contributed by atoms with E-state index in [2.05, 4.69) is 53.7 Å². The van der Waals surface area contributed by atoms with E-state index in [-0.39, 0.29) is 5.91 Å². The van der Waals surface area contributed by atoms with E-state index < -0.39 is 5.54 Å². The minimum Gasteiger partial charge on any atom is -0.339 e. The van der Waals surface area contributed by atoms with Gasteiger partial charge in [0, 0.05) is 5.56 Å². The molecule has 1 aromatic heterocycles. The first kappa shape index (κ1) is 19.3. The fraction of sp³-hybridized carbons (Fsp3) is 0.391. The molecule has 0 aliphatic heterocycles. The number of tetrazole rings is 1. The van der Waals surface area contributed by atoms with Crippen LogP contribution in [0.4, 0.5) is 0 Å². The van der Waals surface area contributed by atoms with E-state index in [0.29, 0.717) is 17.3 Å². The van der Waals surface area contributed by atoms with Crippen molar-refractivity contribution in [3.8, 4) is 5.69 Å². The molecule has 0 radical (unpaired) electrons. The molecule has 1 saturated carbocycles. The quantitative estimate of drug-likeness (QED) is 0.729. The lowest BCUT2D eigenvalue weighted by Gasteiger charge is -2.39. The van der Waals surface area contributed by atoms with Gasteiger partial charge in [0.15, 0.2) is 5.82 Å². The van der Waals surface area contributed by atoms with Gasteiger partial charge in [-0.05, 0) is 79.1 Å². The Labute approximate surface area is 171 Å². The van der Waals surface area contributed by atoms with Crippen LogP contribution in [0.3, 0.4) is 0 Å². The summed E-state index contributed by atoms with van der Waals surface area (Å²) in [6, 6.07) is 15.5. The highest BCUT2D eigenvalue weighted by Crippen LogP contribution is 2.39. The van der Waals surface area contributed by atoms with E-state index >= 15 is 0 Å². The largest absolute Gasteiger partial charge is 0.339 e. The number of aryl methyl sites for hydroxylation is 2. The number of nitrogens with zero attached hydrogens (tertiary/aromatic N) is 4. The minimum atomic E-state index is -0.586. The fourth-order valence-corrected chi connectivity index (χ4v) is 4.31. The van der Waals surface area contributed by atoms with Crippen molar-refractivity contribution in [1.29, 1.82) is 0 Å². The number of benzene rings is 2. The predicted molar refractivity (Wildman–Crippen MR) is 112 cm³/mol. The molecule has 3 aromatic rings. The monoisotopic (exact) mass is 389 g/mol. The lowest BCUT2D eigenvalue weighted by molar-refractivity contribution is 0.0836. The Bertz CT molecular complexity index is 983. The first-order valence-electron chi connectivity index (χ1n) is 10.2. The van der Waals surface area contributed by atoms with Crippen LogP contribution in [0.2, 0.25) is 0 Å². The summed E-state index contributed by atoms with van der Waals surface area (Å²) in [4.78, 5) is 13.1. The standard InChI is InChI=1S/C23H27N5O/c1-16-12-14-23(15-13-16,24-21(29)19-10-5-4-6-11-19)22-25-26-27-28(22)20-17(2)8-7-9-18(20)3/h4-11,16H,12-15H2,1-3H3,(H,24,29). The van der Waals surface area contributed by atoms with Gasteiger partial charge in [-0.1, -0.05) is 43.3 Å². The van der Waals surface area contributed by atoms with Gasteiger partial charge in [0.2, 0.25) is 0 Å². The van der Waals surface area contributed by atoms with Gasteiger partial charge in [0.05, 0.1) is 5.69 Å². The molecule has 0 saturated heterocycles. The maximum absolute atomic E-state index is 13.1. The van der Waals surface area contributed by atoms with E-state index in [4.69, 9.17) is 0 Å². The SMILES string of the molecule is Cc1cccc(C)c1-n1nnnc1C1(NC(=O)c2ccccc2)CCC(C)CC1. The second kappa shape index (κ2) is 7.78. The molecule has 4 rings (SSSR count). The highest BCUT2D eigenvalue weighted by molar-refractivity contribution is 5.94. The lowest BCUT2D eigenvalue weighted by Crippen LogP contribution is -2.49. The average molecular weight is 390 g/mol. The van der Waals surface area contributed by atoms with E-state index in [1.165, 1.54) is 0 Å². The minimum absolute atomic E-state index is 0.0868. The van der Waals surface area contributed by atoms with Crippen LogP contribution < -0.4 is 5.32 Å². The molecule has 1 heterocycles. The van der Waals surface area contributed by atoms with Crippen LogP contribution in [0.15, 0.2) is 48.5 Å². The lowest BCUT2D eigenvalue weighted by atomic mass is 9.76. The molecule has 0 bridgehead atoms. The van der Waals surface area contributed by atoms with Crippen LogP contribution in [0.5, 0.6) is 0 Å². The molecule has 29 heavy (non-hydrogen) atoms. The summed E-state index contributed by atoms with van der Waals surface area (Å²) in [5.74, 6) is 1.25. The van der Waals surface area contributed by atoms with Gasteiger partial charge < -0.3 is 5.32 Å². The normalized spacial score (nSPS) is 21.7. The van der Waals surface area contributed by atoms with Crippen molar-refractivity contribution in [3.63, 3.8) is 0 Å². The van der Waals surface area contributed by atoms with E-state index in [1.807, 2.05) is 41.1 Å². The summed E-state index contributed by atoms with van der Waals surface area (Å²) < 4.78 is 1.83. The highest BCUT2D eigenvalue weighted by atomic mass is 16.1. The molecule has 0 unspecified atom stereocenters. The molecule has 0 spiro atoms. The molecule has 1 aliphatic rings. The maximum Gasteiger partial charge on any atom is 0.252 e. The zero-order valence-corrected chi connectivity index (χ0v) is 17.2. The molecular weight excluding hydrogens is 362 g/mol. The molecule has 1 aliphatic carbocycles. The Hall–Kier alpha value is -3.02. The van der Waals surface area contributed by atoms with Crippen molar-refractivity contribution in [1.82, 2.24) is 25.5 Å². The Morgan fingerprint density at radius 2 is 1.69 bits per heavy atom. The first-order valence-corrected chi connectivity index (χ1v) is 10.2. The molecule has 0 atom stereocenters. The van der Waals surface area contributed by atoms with Crippen LogP contribution in [-0.2, 0) is 5.54 Å². The topological polar surface area (TPSA) is 72.7 Å². The van der Waals surface area contributed by atoms with Gasteiger partial charge in [-0.2, -0.15) is 4.68 Å². The van der Waals surface area contributed by atoms with E-state index in [1.54, 1.807) is 0 Å². The first-order chi connectivity index (χ1) is 14.0. The molecular formula is C23H27N5O. The van der Waals surface area contributed by atoms with Crippen LogP contribution in [0.25, 0.3) is 5.69 Å². The van der Waals surface area contributed by atoms with Crippen molar-refractivity contribution in [2.45, 2.75) is 52.0 Å². The third-order valence-electron chi connectivity index (χ3n) is 6.07. The van der Waals surface area contributed by atoms with Crippen molar-refractivity contribution < 1.29 is 4.79 Å². The van der Waals surface area contributed by atoms with Crippen molar-refractivity contribution in [2.75, 3.05) is 0 Å². The highest BCUT2D eigenvalue weighted by Gasteiger charge is 2.42. The summed E-state index contributed by atoms with van der Waals surface area (Å²) in [7, 11) is 0. The number of para-hydroxylation sites is 1. The summed E-state index contributed by atoms with van der Waals surface area (Å²) in [6.45, 7) is 6.38. The molecule has 1 amide bonds. The van der Waals surface area contributed by atoms with E-state index in [9.17, 15) is 4.79 Å². The number of nitrogens with one attached hydrogen (secondary N) is 1. The zero-order valence-electron chi connectivity index (χ0n) is 17.2. The summed E-state index contributed by atoms with van der Waals surface area (Å²) in [6.07, 6.45) is 3.68. The molecule has 150 valence electrons. The number of carbonyl (C=O) groups is 1. The Kier molecular flexibility index (Phi) is 5.18. The number of carbonyl (C=O) groups excluding carboxylic acids is 1. The Balaban J connectivity index is 1.78. The zero-order chi connectivity index (χ0) is 20.4. The summed E-state index contributed by atoms with van der Waals surface area (Å²) >= 11 is 0. The van der Waals surface area contributed by atoms with Crippen LogP contribution in [-0.4, -0.2) is 26.1 Å². The molecule has 1 N–H and O–H groups in total. The van der Waals surface area contributed by atoms with Crippen LogP contribution in [0, 0.1) is 19.8 Å². The van der Waals surface area contributed by atoms with Gasteiger partial charge >= 0.3 is 0 Å². The predicted octanol–water partition coefficient (Wildman–Crippen LogP) is 4.11. The average Bonchev–Trinajstić information content (AvgIpc) is 3.20. The maximum atomic E-state index is 13.1. The van der Waals surface area contributed by atoms with Gasteiger partial charge in [0.25, 0.3) is 5.91 Å².